The normalized spacial score (nSPS) is 15.5. The maximum absolute atomic E-state index is 2.68. The van der Waals surface area contributed by atoms with E-state index in [1.54, 1.807) is 5.30 Å². The Kier molecular flexibility index (Phi) is 4.57. The lowest BCUT2D eigenvalue weighted by Crippen LogP contribution is -2.29. The first kappa shape index (κ1) is 16.2. The minimum Gasteiger partial charge on any atom is -0.216 e. The zero-order valence-electron chi connectivity index (χ0n) is 13.4. The molecule has 3 aromatic rings. The summed E-state index contributed by atoms with van der Waals surface area (Å²) in [6, 6.07) is 27.0. The Bertz CT molecular complexity index is 796. The summed E-state index contributed by atoms with van der Waals surface area (Å²) in [5, 5.41) is 4.30. The van der Waals surface area contributed by atoms with Crippen molar-refractivity contribution in [3.8, 4) is 0 Å². The van der Waals surface area contributed by atoms with Crippen LogP contribution in [0.15, 0.2) is 72.8 Å². The molecule has 0 saturated heterocycles. The van der Waals surface area contributed by atoms with E-state index in [0.717, 1.165) is 0 Å². The molecule has 0 saturated carbocycles. The lowest BCUT2D eigenvalue weighted by Gasteiger charge is -2.39. The number of hydrogen-bond acceptors (Lipinski definition) is 1. The summed E-state index contributed by atoms with van der Waals surface area (Å²) in [6.07, 6.45) is 0. The molecule has 3 heteroatoms. The van der Waals surface area contributed by atoms with E-state index in [4.69, 9.17) is 0 Å². The van der Waals surface area contributed by atoms with Gasteiger partial charge in [-0.05, 0) is 35.4 Å². The van der Waals surface area contributed by atoms with Crippen LogP contribution in [0.4, 0.5) is 0 Å². The molecule has 0 fully saturated rings. The molecule has 0 aliphatic carbocycles. The maximum atomic E-state index is 2.68. The predicted octanol–water partition coefficient (Wildman–Crippen LogP) is 4.00. The fourth-order valence-corrected chi connectivity index (χ4v) is 4.51. The Morgan fingerprint density at radius 3 is 2.22 bits per heavy atom. The molecular formula is C20H25BNP. The minimum atomic E-state index is -1.10. The first-order chi connectivity index (χ1) is 11.0. The van der Waals surface area contributed by atoms with Gasteiger partial charge < -0.3 is 0 Å². The van der Waals surface area contributed by atoms with Crippen molar-refractivity contribution in [2.45, 2.75) is 13.0 Å². The van der Waals surface area contributed by atoms with E-state index in [-0.39, 0.29) is 7.57 Å². The molecule has 0 unspecified atom stereocenters. The molecule has 0 aromatic heterocycles. The molecule has 0 heterocycles. The molecule has 23 heavy (non-hydrogen) atoms. The molecule has 0 aliphatic heterocycles. The van der Waals surface area contributed by atoms with Gasteiger partial charge in [-0.25, -0.2) is 4.67 Å². The second-order valence-corrected chi connectivity index (χ2v) is 7.87. The number of hydrogen-bond donors (Lipinski definition) is 0. The predicted molar refractivity (Wildman–Crippen MR) is 109 cm³/mol. The number of benzene rings is 3. The van der Waals surface area contributed by atoms with Gasteiger partial charge in [-0.2, -0.15) is 0 Å². The largest absolute Gasteiger partial charge is 0.216 e. The quantitative estimate of drug-likeness (QED) is 0.519. The van der Waals surface area contributed by atoms with E-state index < -0.39 is 7.29 Å². The molecule has 0 bridgehead atoms. The smallest absolute Gasteiger partial charge is 0.150 e. The Balaban J connectivity index is 2.00. The van der Waals surface area contributed by atoms with Gasteiger partial charge in [-0.3, -0.25) is 0 Å². The van der Waals surface area contributed by atoms with Crippen LogP contribution in [0, 0.1) is 0 Å². The molecule has 118 valence electrons. The van der Waals surface area contributed by atoms with Crippen molar-refractivity contribution in [2.75, 3.05) is 13.7 Å². The van der Waals surface area contributed by atoms with Gasteiger partial charge in [0.15, 0.2) is 7.57 Å². The van der Waals surface area contributed by atoms with Crippen molar-refractivity contribution < 1.29 is 0 Å². The summed E-state index contributed by atoms with van der Waals surface area (Å²) in [4.78, 5) is 0. The molecule has 0 spiro atoms. The van der Waals surface area contributed by atoms with Crippen molar-refractivity contribution >= 4 is 30.9 Å². The van der Waals surface area contributed by atoms with E-state index >= 15 is 0 Å². The molecule has 0 N–H and O–H groups in total. The van der Waals surface area contributed by atoms with Crippen LogP contribution < -0.4 is 5.30 Å². The molecule has 3 rings (SSSR count). The van der Waals surface area contributed by atoms with E-state index in [1.165, 1.54) is 16.3 Å². The van der Waals surface area contributed by atoms with Crippen molar-refractivity contribution in [3.05, 3.63) is 78.4 Å². The van der Waals surface area contributed by atoms with E-state index in [2.05, 4.69) is 98.1 Å². The molecule has 1 nitrogen and oxygen atoms in total. The number of rotatable bonds is 4. The zero-order chi connectivity index (χ0) is 16.4. The lowest BCUT2D eigenvalue weighted by atomic mass is 10.00. The Morgan fingerprint density at radius 1 is 0.870 bits per heavy atom. The minimum absolute atomic E-state index is 0.210. The zero-order valence-corrected chi connectivity index (χ0v) is 14.3. The second-order valence-electron chi connectivity index (χ2n) is 5.68. The van der Waals surface area contributed by atoms with Gasteiger partial charge in [0.2, 0.25) is 0 Å². The fraction of sp³-hybridized carbons (Fsp3) is 0.200. The third-order valence-electron chi connectivity index (χ3n) is 4.44. The fourth-order valence-electron chi connectivity index (χ4n) is 2.90. The highest BCUT2D eigenvalue weighted by Crippen LogP contribution is 2.55. The molecule has 0 radical (unpaired) electrons. The van der Waals surface area contributed by atoms with Crippen molar-refractivity contribution in [3.63, 3.8) is 0 Å². The van der Waals surface area contributed by atoms with Crippen molar-refractivity contribution in [1.82, 2.24) is 4.67 Å². The van der Waals surface area contributed by atoms with Crippen LogP contribution in [0.25, 0.3) is 10.8 Å². The van der Waals surface area contributed by atoms with Crippen molar-refractivity contribution in [2.24, 2.45) is 0 Å². The van der Waals surface area contributed by atoms with Gasteiger partial charge >= 0.3 is 0 Å². The third-order valence-corrected chi connectivity index (χ3v) is 6.78. The van der Waals surface area contributed by atoms with Gasteiger partial charge in [-0.15, -0.1) is 0 Å². The van der Waals surface area contributed by atoms with Gasteiger partial charge in [0.25, 0.3) is 0 Å². The van der Waals surface area contributed by atoms with Crippen LogP contribution >= 0.6 is 7.29 Å². The highest BCUT2D eigenvalue weighted by Gasteiger charge is 2.31. The maximum Gasteiger partial charge on any atom is 0.150 e. The Hall–Kier alpha value is -1.63. The van der Waals surface area contributed by atoms with Crippen molar-refractivity contribution in [1.29, 1.82) is 0 Å². The van der Waals surface area contributed by atoms with Gasteiger partial charge in [-0.1, -0.05) is 68.0 Å². The molecule has 0 aliphatic rings. The average Bonchev–Trinajstić information content (AvgIpc) is 2.60. The summed E-state index contributed by atoms with van der Waals surface area (Å²) in [5.41, 5.74) is 1.45. The summed E-state index contributed by atoms with van der Waals surface area (Å²) in [7, 11) is 1.44. The SMILES string of the molecule is [BH3-][P@@+](C)(c1ccccc1)N(C)[C@@H](C)c1cccc2ccccc12. The Labute approximate surface area is 141 Å². The van der Waals surface area contributed by atoms with E-state index in [0.29, 0.717) is 6.04 Å². The first-order valence-electron chi connectivity index (χ1n) is 7.67. The van der Waals surface area contributed by atoms with Crippen LogP contribution in [0.1, 0.15) is 18.5 Å². The van der Waals surface area contributed by atoms with Gasteiger partial charge in [0.1, 0.15) is 0 Å². The van der Waals surface area contributed by atoms with Crippen LogP contribution in [-0.2, 0) is 0 Å². The number of fused-ring (bicyclic) bond motifs is 1. The monoisotopic (exact) mass is 321 g/mol. The van der Waals surface area contributed by atoms with E-state index in [1.807, 2.05) is 0 Å². The summed E-state index contributed by atoms with van der Waals surface area (Å²) < 4.78 is 2.68. The highest BCUT2D eigenvalue weighted by molar-refractivity contribution is 8.00. The van der Waals surface area contributed by atoms with Crippen LogP contribution in [0.2, 0.25) is 0 Å². The van der Waals surface area contributed by atoms with Crippen LogP contribution in [-0.4, -0.2) is 25.9 Å². The molecular weight excluding hydrogens is 296 g/mol. The summed E-state index contributed by atoms with van der Waals surface area (Å²) >= 11 is 0. The number of nitrogens with zero attached hydrogens (tertiary/aromatic N) is 1. The highest BCUT2D eigenvalue weighted by atomic mass is 31.2. The molecule has 0 amide bonds. The topological polar surface area (TPSA) is 3.24 Å². The van der Waals surface area contributed by atoms with E-state index in [9.17, 15) is 0 Å². The molecule has 3 aromatic carbocycles. The summed E-state index contributed by atoms with van der Waals surface area (Å²) in [6.45, 7) is 4.88. The summed E-state index contributed by atoms with van der Waals surface area (Å²) in [5.74, 6) is 0. The average molecular weight is 321 g/mol. The van der Waals surface area contributed by atoms with Crippen LogP contribution in [0.5, 0.6) is 0 Å². The standard InChI is InChI=1S/C20H25BNP/c1-16(19-15-9-11-17-10-7-8-14-20(17)19)22(2)23(3,21)18-12-5-4-6-13-18/h4-16H,1-3,21H3/t16-,23+/m0/s1. The first-order valence-corrected chi connectivity index (χ1v) is 9.42. The van der Waals surface area contributed by atoms with Gasteiger partial charge in [0.05, 0.1) is 11.3 Å². The lowest BCUT2D eigenvalue weighted by molar-refractivity contribution is 0.442. The second kappa shape index (κ2) is 6.47. The van der Waals surface area contributed by atoms with Gasteiger partial charge in [0, 0.05) is 13.7 Å². The molecule has 2 atom stereocenters. The Morgan fingerprint density at radius 2 is 1.48 bits per heavy atom. The van der Waals surface area contributed by atoms with Crippen LogP contribution in [0.3, 0.4) is 0 Å². The third kappa shape index (κ3) is 3.07.